The highest BCUT2D eigenvalue weighted by atomic mass is 32.2. The summed E-state index contributed by atoms with van der Waals surface area (Å²) in [6.45, 7) is 2.18. The minimum atomic E-state index is -2.77. The van der Waals surface area contributed by atoms with Gasteiger partial charge in [-0.1, -0.05) is 0 Å². The fourth-order valence-electron chi connectivity index (χ4n) is 1.63. The molecule has 1 aliphatic rings. The highest BCUT2D eigenvalue weighted by Gasteiger charge is 2.27. The topological polar surface area (TPSA) is 54.5 Å². The van der Waals surface area contributed by atoms with Gasteiger partial charge in [-0.05, 0) is 18.8 Å². The van der Waals surface area contributed by atoms with Crippen LogP contribution in [-0.4, -0.2) is 44.3 Å². The lowest BCUT2D eigenvalue weighted by molar-refractivity contribution is -0.127. The quantitative estimate of drug-likeness (QED) is 0.685. The zero-order chi connectivity index (χ0) is 10.8. The predicted octanol–water partition coefficient (Wildman–Crippen LogP) is 0.290. The van der Waals surface area contributed by atoms with Crippen LogP contribution in [0.4, 0.5) is 0 Å². The third-order valence-corrected chi connectivity index (χ3v) is 4.57. The molecule has 1 aliphatic heterocycles. The van der Waals surface area contributed by atoms with Crippen molar-refractivity contribution < 1.29 is 13.2 Å². The molecule has 0 aromatic heterocycles. The zero-order valence-electron chi connectivity index (χ0n) is 8.69. The Kier molecular flexibility index (Phi) is 3.53. The van der Waals surface area contributed by atoms with E-state index >= 15 is 0 Å². The van der Waals surface area contributed by atoms with E-state index in [9.17, 15) is 13.2 Å². The van der Waals surface area contributed by atoms with Crippen molar-refractivity contribution in [3.63, 3.8) is 0 Å². The molecule has 1 atom stereocenters. The molecule has 14 heavy (non-hydrogen) atoms. The van der Waals surface area contributed by atoms with Gasteiger partial charge in [0.05, 0.1) is 11.5 Å². The van der Waals surface area contributed by atoms with Crippen LogP contribution in [-0.2, 0) is 14.6 Å². The maximum absolute atomic E-state index is 11.1. The number of hydrogen-bond acceptors (Lipinski definition) is 3. The van der Waals surface area contributed by atoms with Crippen molar-refractivity contribution in [2.75, 3.05) is 25.1 Å². The Hall–Kier alpha value is -0.580. The van der Waals surface area contributed by atoms with Crippen LogP contribution >= 0.6 is 0 Å². The van der Waals surface area contributed by atoms with Crippen LogP contribution in [0.25, 0.3) is 0 Å². The minimum absolute atomic E-state index is 0.0332. The Morgan fingerprint density at radius 2 is 2.14 bits per heavy atom. The number of nitrogens with zero attached hydrogens (tertiary/aromatic N) is 1. The van der Waals surface area contributed by atoms with Gasteiger partial charge in [0.15, 0.2) is 9.84 Å². The van der Waals surface area contributed by atoms with Crippen molar-refractivity contribution in [1.82, 2.24) is 4.90 Å². The lowest BCUT2D eigenvalue weighted by atomic mass is 10.1. The van der Waals surface area contributed by atoms with Gasteiger partial charge in [0.25, 0.3) is 0 Å². The molecule has 1 rings (SSSR count). The largest absolute Gasteiger partial charge is 0.346 e. The van der Waals surface area contributed by atoms with E-state index in [1.54, 1.807) is 11.9 Å². The lowest BCUT2D eigenvalue weighted by Crippen LogP contribution is -2.26. The first kappa shape index (κ1) is 11.5. The van der Waals surface area contributed by atoms with E-state index in [4.69, 9.17) is 0 Å². The molecule has 0 radical (unpaired) electrons. The first-order valence-electron chi connectivity index (χ1n) is 4.83. The monoisotopic (exact) mass is 219 g/mol. The number of carbonyl (C=O) groups excluding carboxylic acids is 1. The average Bonchev–Trinajstić information content (AvgIpc) is 2.41. The summed E-state index contributed by atoms with van der Waals surface area (Å²) in [7, 11) is -1.03. The SMILES string of the molecule is CC(=O)N(C)CCC1CCS(=O)(=O)C1. The van der Waals surface area contributed by atoms with Crippen LogP contribution in [0, 0.1) is 5.92 Å². The van der Waals surface area contributed by atoms with Crippen molar-refractivity contribution in [2.24, 2.45) is 5.92 Å². The number of rotatable bonds is 3. The van der Waals surface area contributed by atoms with E-state index in [0.29, 0.717) is 18.1 Å². The van der Waals surface area contributed by atoms with E-state index < -0.39 is 9.84 Å². The van der Waals surface area contributed by atoms with Crippen LogP contribution in [0.5, 0.6) is 0 Å². The van der Waals surface area contributed by atoms with Gasteiger partial charge in [0.2, 0.25) is 5.91 Å². The summed E-state index contributed by atoms with van der Waals surface area (Å²) in [5.41, 5.74) is 0. The van der Waals surface area contributed by atoms with Gasteiger partial charge in [-0.15, -0.1) is 0 Å². The maximum atomic E-state index is 11.1. The summed E-state index contributed by atoms with van der Waals surface area (Å²) < 4.78 is 22.3. The van der Waals surface area contributed by atoms with Gasteiger partial charge in [0.1, 0.15) is 0 Å². The van der Waals surface area contributed by atoms with Gasteiger partial charge in [-0.2, -0.15) is 0 Å². The predicted molar refractivity (Wildman–Crippen MR) is 54.7 cm³/mol. The molecule has 0 N–H and O–H groups in total. The Balaban J connectivity index is 2.31. The summed E-state index contributed by atoms with van der Waals surface area (Å²) in [6, 6.07) is 0. The van der Waals surface area contributed by atoms with Crippen molar-refractivity contribution in [3.05, 3.63) is 0 Å². The molecule has 1 unspecified atom stereocenters. The first-order chi connectivity index (χ1) is 6.41. The Labute approximate surface area is 85.2 Å². The maximum Gasteiger partial charge on any atom is 0.219 e. The summed E-state index contributed by atoms with van der Waals surface area (Å²) in [6.07, 6.45) is 1.56. The van der Waals surface area contributed by atoms with Crippen molar-refractivity contribution in [2.45, 2.75) is 19.8 Å². The average molecular weight is 219 g/mol. The number of carbonyl (C=O) groups is 1. The third-order valence-electron chi connectivity index (χ3n) is 2.74. The number of sulfone groups is 1. The number of amides is 1. The second-order valence-electron chi connectivity index (χ2n) is 4.00. The standard InChI is InChI=1S/C9H17NO3S/c1-8(11)10(2)5-3-9-4-6-14(12,13)7-9/h9H,3-7H2,1-2H3. The molecule has 0 bridgehead atoms. The van der Waals surface area contributed by atoms with Gasteiger partial charge in [-0.3, -0.25) is 4.79 Å². The minimum Gasteiger partial charge on any atom is -0.346 e. The molecule has 0 aliphatic carbocycles. The molecule has 1 amide bonds. The highest BCUT2D eigenvalue weighted by Crippen LogP contribution is 2.21. The van der Waals surface area contributed by atoms with E-state index in [1.165, 1.54) is 6.92 Å². The molecule has 1 heterocycles. The first-order valence-corrected chi connectivity index (χ1v) is 6.65. The summed E-state index contributed by atoms with van der Waals surface area (Å²) in [4.78, 5) is 12.5. The number of hydrogen-bond donors (Lipinski definition) is 0. The molecule has 82 valence electrons. The molecule has 4 nitrogen and oxygen atoms in total. The van der Waals surface area contributed by atoms with Crippen molar-refractivity contribution >= 4 is 15.7 Å². The fourth-order valence-corrected chi connectivity index (χ4v) is 3.54. The molecule has 1 saturated heterocycles. The lowest BCUT2D eigenvalue weighted by Gasteiger charge is -2.16. The smallest absolute Gasteiger partial charge is 0.219 e. The van der Waals surface area contributed by atoms with Crippen LogP contribution in [0.2, 0.25) is 0 Å². The molecular formula is C9H17NO3S. The van der Waals surface area contributed by atoms with Gasteiger partial charge in [-0.25, -0.2) is 8.42 Å². The molecule has 0 spiro atoms. The summed E-state index contributed by atoms with van der Waals surface area (Å²) in [5, 5.41) is 0. The summed E-state index contributed by atoms with van der Waals surface area (Å²) >= 11 is 0. The van der Waals surface area contributed by atoms with Crippen LogP contribution in [0.3, 0.4) is 0 Å². The fraction of sp³-hybridized carbons (Fsp3) is 0.889. The van der Waals surface area contributed by atoms with E-state index in [0.717, 1.165) is 12.8 Å². The molecule has 5 heteroatoms. The molecular weight excluding hydrogens is 202 g/mol. The van der Waals surface area contributed by atoms with Gasteiger partial charge < -0.3 is 4.90 Å². The molecule has 0 saturated carbocycles. The van der Waals surface area contributed by atoms with E-state index in [1.807, 2.05) is 0 Å². The van der Waals surface area contributed by atoms with Crippen LogP contribution in [0.15, 0.2) is 0 Å². The Morgan fingerprint density at radius 1 is 1.50 bits per heavy atom. The second kappa shape index (κ2) is 4.29. The van der Waals surface area contributed by atoms with E-state index in [-0.39, 0.29) is 11.8 Å². The molecule has 1 fully saturated rings. The highest BCUT2D eigenvalue weighted by molar-refractivity contribution is 7.91. The second-order valence-corrected chi connectivity index (χ2v) is 6.23. The van der Waals surface area contributed by atoms with Crippen LogP contribution in [0.1, 0.15) is 19.8 Å². The third kappa shape index (κ3) is 3.29. The normalized spacial score (nSPS) is 24.9. The Morgan fingerprint density at radius 3 is 2.57 bits per heavy atom. The van der Waals surface area contributed by atoms with Crippen molar-refractivity contribution in [3.8, 4) is 0 Å². The molecule has 0 aromatic carbocycles. The van der Waals surface area contributed by atoms with Gasteiger partial charge >= 0.3 is 0 Å². The van der Waals surface area contributed by atoms with Gasteiger partial charge in [0, 0.05) is 20.5 Å². The van der Waals surface area contributed by atoms with Crippen LogP contribution < -0.4 is 0 Å². The van der Waals surface area contributed by atoms with Crippen molar-refractivity contribution in [1.29, 1.82) is 0 Å². The summed E-state index contributed by atoms with van der Waals surface area (Å²) in [5.74, 6) is 0.910. The Bertz CT molecular complexity index is 310. The van der Waals surface area contributed by atoms with E-state index in [2.05, 4.69) is 0 Å². The molecule has 0 aromatic rings. The zero-order valence-corrected chi connectivity index (χ0v) is 9.51.